The Labute approximate surface area is 117 Å². The van der Waals surface area contributed by atoms with Crippen molar-refractivity contribution in [2.45, 2.75) is 4.90 Å². The van der Waals surface area contributed by atoms with Gasteiger partial charge in [0.1, 0.15) is 4.90 Å². The molecule has 1 aromatic carbocycles. The predicted molar refractivity (Wildman–Crippen MR) is 67.8 cm³/mol. The summed E-state index contributed by atoms with van der Waals surface area (Å²) in [5.74, 6) is -1.09. The van der Waals surface area contributed by atoms with Gasteiger partial charge in [-0.15, -0.1) is 0 Å². The van der Waals surface area contributed by atoms with Crippen molar-refractivity contribution < 1.29 is 22.5 Å². The minimum Gasteiger partial charge on any atom is -0.383 e. The molecular weight excluding hydrogens is 347 g/mol. The summed E-state index contributed by atoms with van der Waals surface area (Å²) in [5, 5.41) is 10.6. The Morgan fingerprint density at radius 1 is 1.53 bits per heavy atom. The van der Waals surface area contributed by atoms with E-state index in [-0.39, 0.29) is 17.6 Å². The summed E-state index contributed by atoms with van der Waals surface area (Å²) in [5.41, 5.74) is -0.527. The molecule has 0 aliphatic heterocycles. The Kier molecular flexibility index (Phi) is 5.35. The molecule has 0 saturated carbocycles. The van der Waals surface area contributed by atoms with Crippen molar-refractivity contribution >= 4 is 31.6 Å². The first-order valence-electron chi connectivity index (χ1n) is 4.91. The fourth-order valence-electron chi connectivity index (χ4n) is 1.21. The van der Waals surface area contributed by atoms with Crippen LogP contribution in [0.25, 0.3) is 0 Å². The van der Waals surface area contributed by atoms with E-state index in [0.29, 0.717) is 6.07 Å². The number of benzene rings is 1. The van der Waals surface area contributed by atoms with Gasteiger partial charge in [-0.25, -0.2) is 17.5 Å². The van der Waals surface area contributed by atoms with Crippen LogP contribution in [-0.4, -0.2) is 33.6 Å². The summed E-state index contributed by atoms with van der Waals surface area (Å²) in [7, 11) is -2.81. The molecule has 1 aromatic rings. The highest BCUT2D eigenvalue weighted by molar-refractivity contribution is 9.10. The fourth-order valence-corrected chi connectivity index (χ4v) is 2.92. The van der Waals surface area contributed by atoms with E-state index >= 15 is 0 Å². The van der Waals surface area contributed by atoms with Gasteiger partial charge >= 0.3 is 0 Å². The maximum atomic E-state index is 13.7. The Balaban J connectivity index is 3.21. The minimum absolute atomic E-state index is 0.0708. The molecule has 0 heterocycles. The van der Waals surface area contributed by atoms with Gasteiger partial charge in [-0.1, -0.05) is 0 Å². The molecule has 1 N–H and O–H groups in total. The van der Waals surface area contributed by atoms with Crippen molar-refractivity contribution in [3.05, 3.63) is 32.5 Å². The number of nitrogens with one attached hydrogen (secondary N) is 1. The van der Waals surface area contributed by atoms with Gasteiger partial charge in [0, 0.05) is 25.8 Å². The van der Waals surface area contributed by atoms with Gasteiger partial charge in [-0.2, -0.15) is 0 Å². The van der Waals surface area contributed by atoms with E-state index in [1.807, 2.05) is 0 Å². The number of methoxy groups -OCH3 is 1. The number of ether oxygens (including phenoxy) is 1. The summed E-state index contributed by atoms with van der Waals surface area (Å²) in [4.78, 5) is 9.04. The van der Waals surface area contributed by atoms with E-state index in [4.69, 9.17) is 0 Å². The van der Waals surface area contributed by atoms with Gasteiger partial charge in [-0.3, -0.25) is 10.1 Å². The molecule has 0 aliphatic carbocycles. The predicted octanol–water partition coefficient (Wildman–Crippen LogP) is 1.42. The van der Waals surface area contributed by atoms with E-state index in [1.54, 1.807) is 0 Å². The lowest BCUT2D eigenvalue weighted by molar-refractivity contribution is -0.385. The summed E-state index contributed by atoms with van der Waals surface area (Å²) in [6, 6.07) is 1.55. The molecule has 10 heteroatoms. The third-order valence-electron chi connectivity index (χ3n) is 2.08. The Hall–Kier alpha value is -1.10. The van der Waals surface area contributed by atoms with Crippen LogP contribution in [0.4, 0.5) is 10.1 Å². The summed E-state index contributed by atoms with van der Waals surface area (Å²) in [6.45, 7) is 0.0233. The first kappa shape index (κ1) is 16.0. The summed E-state index contributed by atoms with van der Waals surface area (Å²) in [6.07, 6.45) is 0. The molecule has 0 amide bonds. The van der Waals surface area contributed by atoms with Crippen molar-refractivity contribution in [2.24, 2.45) is 0 Å². The maximum absolute atomic E-state index is 13.7. The molecule has 19 heavy (non-hydrogen) atoms. The number of sulfonamides is 1. The molecule has 0 unspecified atom stereocenters. The SMILES string of the molecule is COCCNS(=O)(=O)c1cc([N+](=O)[O-])cc(Br)c1F. The van der Waals surface area contributed by atoms with Crippen molar-refractivity contribution in [1.82, 2.24) is 4.72 Å². The lowest BCUT2D eigenvalue weighted by Crippen LogP contribution is -2.28. The molecule has 0 atom stereocenters. The van der Waals surface area contributed by atoms with Crippen molar-refractivity contribution in [1.29, 1.82) is 0 Å². The van der Waals surface area contributed by atoms with Crippen LogP contribution in [-0.2, 0) is 14.8 Å². The number of rotatable bonds is 6. The molecular formula is C9H10BrFN2O5S. The van der Waals surface area contributed by atoms with Gasteiger partial charge in [0.25, 0.3) is 5.69 Å². The number of nitro groups is 1. The van der Waals surface area contributed by atoms with Gasteiger partial charge < -0.3 is 4.74 Å². The number of non-ortho nitro benzene ring substituents is 1. The van der Waals surface area contributed by atoms with Gasteiger partial charge in [0.05, 0.1) is 16.0 Å². The minimum atomic E-state index is -4.18. The molecule has 0 aromatic heterocycles. The average Bonchev–Trinajstić information content (AvgIpc) is 2.32. The van der Waals surface area contributed by atoms with Crippen LogP contribution in [0.3, 0.4) is 0 Å². The lowest BCUT2D eigenvalue weighted by atomic mass is 10.3. The van der Waals surface area contributed by atoms with Crippen LogP contribution in [0.15, 0.2) is 21.5 Å². The van der Waals surface area contributed by atoms with Crippen LogP contribution >= 0.6 is 15.9 Å². The second-order valence-corrected chi connectivity index (χ2v) is 5.98. The zero-order valence-electron chi connectivity index (χ0n) is 9.72. The van der Waals surface area contributed by atoms with Gasteiger partial charge in [-0.05, 0) is 15.9 Å². The van der Waals surface area contributed by atoms with E-state index in [9.17, 15) is 22.9 Å². The highest BCUT2D eigenvalue weighted by atomic mass is 79.9. The standard InChI is InChI=1S/C9H10BrFN2O5S/c1-18-3-2-12-19(16,17)8-5-6(13(14)15)4-7(10)9(8)11/h4-5,12H,2-3H2,1H3. The maximum Gasteiger partial charge on any atom is 0.272 e. The van der Waals surface area contributed by atoms with E-state index in [2.05, 4.69) is 25.4 Å². The van der Waals surface area contributed by atoms with Crippen LogP contribution < -0.4 is 4.72 Å². The topological polar surface area (TPSA) is 98.5 Å². The summed E-state index contributed by atoms with van der Waals surface area (Å²) >= 11 is 2.74. The largest absolute Gasteiger partial charge is 0.383 e. The highest BCUT2D eigenvalue weighted by Gasteiger charge is 2.24. The van der Waals surface area contributed by atoms with Gasteiger partial charge in [0.2, 0.25) is 10.0 Å². The molecule has 7 nitrogen and oxygen atoms in total. The number of nitro benzene ring substituents is 1. The zero-order chi connectivity index (χ0) is 14.6. The molecule has 0 aliphatic rings. The average molecular weight is 357 g/mol. The van der Waals surface area contributed by atoms with Crippen molar-refractivity contribution in [2.75, 3.05) is 20.3 Å². The van der Waals surface area contributed by atoms with Crippen LogP contribution in [0, 0.1) is 15.9 Å². The Bertz CT molecular complexity index is 593. The number of hydrogen-bond donors (Lipinski definition) is 1. The number of hydrogen-bond acceptors (Lipinski definition) is 5. The Morgan fingerprint density at radius 3 is 2.68 bits per heavy atom. The van der Waals surface area contributed by atoms with Crippen LogP contribution in [0.1, 0.15) is 0 Å². The molecule has 0 bridgehead atoms. The quantitative estimate of drug-likeness (QED) is 0.472. The number of nitrogens with zero attached hydrogens (tertiary/aromatic N) is 1. The fraction of sp³-hybridized carbons (Fsp3) is 0.333. The third-order valence-corrected chi connectivity index (χ3v) is 4.12. The Morgan fingerprint density at radius 2 is 2.16 bits per heavy atom. The second kappa shape index (κ2) is 6.37. The molecule has 0 fully saturated rings. The molecule has 0 spiro atoms. The summed E-state index contributed by atoms with van der Waals surface area (Å²) < 4.78 is 43.8. The lowest BCUT2D eigenvalue weighted by Gasteiger charge is -2.08. The zero-order valence-corrected chi connectivity index (χ0v) is 12.1. The molecule has 0 saturated heterocycles. The monoisotopic (exact) mass is 356 g/mol. The van der Waals surface area contributed by atoms with Crippen LogP contribution in [0.5, 0.6) is 0 Å². The smallest absolute Gasteiger partial charge is 0.272 e. The normalized spacial score (nSPS) is 11.5. The second-order valence-electron chi connectivity index (χ2n) is 3.39. The molecule has 0 radical (unpaired) electrons. The molecule has 106 valence electrons. The number of halogens is 2. The first-order valence-corrected chi connectivity index (χ1v) is 7.19. The van der Waals surface area contributed by atoms with Crippen molar-refractivity contribution in [3.8, 4) is 0 Å². The third kappa shape index (κ3) is 3.93. The van der Waals surface area contributed by atoms with E-state index in [0.717, 1.165) is 6.07 Å². The van der Waals surface area contributed by atoms with Gasteiger partial charge in [0.15, 0.2) is 5.82 Å². The van der Waals surface area contributed by atoms with Crippen LogP contribution in [0.2, 0.25) is 0 Å². The molecule has 1 rings (SSSR count). The van der Waals surface area contributed by atoms with Crippen molar-refractivity contribution in [3.63, 3.8) is 0 Å². The first-order chi connectivity index (χ1) is 8.79. The highest BCUT2D eigenvalue weighted by Crippen LogP contribution is 2.28. The van der Waals surface area contributed by atoms with E-state index in [1.165, 1.54) is 7.11 Å². The van der Waals surface area contributed by atoms with E-state index < -0.39 is 31.3 Å².